The van der Waals surface area contributed by atoms with Gasteiger partial charge in [-0.15, -0.1) is 0 Å². The SMILES string of the molecule is CC1CN(c2ccc(C(=O)NC(CC(=O)O)c3ccc(F)cc3)cc2NC(=O)c2ccccc2)C(C)CN1C(=O)c1cccnc1. The van der Waals surface area contributed by atoms with Crippen molar-refractivity contribution in [2.45, 2.75) is 38.4 Å². The molecule has 0 bridgehead atoms. The Bertz CT molecular complexity index is 1720. The third kappa shape index (κ3) is 7.37. The number of carboxylic acids is 1. The monoisotopic (exact) mass is 623 g/mol. The number of halogens is 1. The van der Waals surface area contributed by atoms with E-state index in [2.05, 4.69) is 20.5 Å². The van der Waals surface area contributed by atoms with E-state index in [0.717, 1.165) is 0 Å². The second-order valence-electron chi connectivity index (χ2n) is 11.3. The van der Waals surface area contributed by atoms with Crippen LogP contribution in [0.25, 0.3) is 0 Å². The van der Waals surface area contributed by atoms with Crippen molar-refractivity contribution in [3.05, 3.63) is 125 Å². The van der Waals surface area contributed by atoms with Crippen molar-refractivity contribution in [2.75, 3.05) is 23.3 Å². The summed E-state index contributed by atoms with van der Waals surface area (Å²) in [5.41, 5.74) is 2.60. The molecule has 0 radical (unpaired) electrons. The van der Waals surface area contributed by atoms with Crippen LogP contribution in [0, 0.1) is 5.82 Å². The minimum atomic E-state index is -1.13. The maximum absolute atomic E-state index is 13.5. The molecular formula is C35H34FN5O5. The number of carbonyl (C=O) groups excluding carboxylic acids is 3. The number of carboxylic acid groups (broad SMARTS) is 1. The summed E-state index contributed by atoms with van der Waals surface area (Å²) < 4.78 is 13.5. The van der Waals surface area contributed by atoms with E-state index in [-0.39, 0.29) is 29.5 Å². The molecular weight excluding hydrogens is 589 g/mol. The Kier molecular flexibility index (Phi) is 9.70. The fourth-order valence-corrected chi connectivity index (χ4v) is 5.58. The first-order valence-corrected chi connectivity index (χ1v) is 14.9. The highest BCUT2D eigenvalue weighted by atomic mass is 19.1. The molecule has 1 saturated heterocycles. The van der Waals surface area contributed by atoms with Gasteiger partial charge in [-0.2, -0.15) is 0 Å². The molecule has 236 valence electrons. The molecule has 0 spiro atoms. The number of aliphatic carboxylic acids is 1. The molecule has 1 aliphatic heterocycles. The maximum atomic E-state index is 13.5. The van der Waals surface area contributed by atoms with Gasteiger partial charge in [-0.1, -0.05) is 30.3 Å². The maximum Gasteiger partial charge on any atom is 0.305 e. The summed E-state index contributed by atoms with van der Waals surface area (Å²) >= 11 is 0. The third-order valence-electron chi connectivity index (χ3n) is 7.96. The van der Waals surface area contributed by atoms with Crippen LogP contribution in [0.15, 0.2) is 97.3 Å². The Balaban J connectivity index is 1.44. The molecule has 3 N–H and O–H groups in total. The molecule has 10 nitrogen and oxygen atoms in total. The summed E-state index contributed by atoms with van der Waals surface area (Å²) in [7, 11) is 0. The van der Waals surface area contributed by atoms with E-state index in [1.54, 1.807) is 78.0 Å². The smallest absolute Gasteiger partial charge is 0.305 e. The van der Waals surface area contributed by atoms with Crippen molar-refractivity contribution in [3.63, 3.8) is 0 Å². The summed E-state index contributed by atoms with van der Waals surface area (Å²) in [5, 5.41) is 15.2. The normalized spacial score (nSPS) is 16.8. The largest absolute Gasteiger partial charge is 0.481 e. The lowest BCUT2D eigenvalue weighted by Crippen LogP contribution is -2.58. The van der Waals surface area contributed by atoms with Crippen molar-refractivity contribution in [2.24, 2.45) is 0 Å². The zero-order valence-corrected chi connectivity index (χ0v) is 25.4. The molecule has 1 aliphatic rings. The molecule has 5 rings (SSSR count). The number of anilines is 2. The lowest BCUT2D eigenvalue weighted by atomic mass is 10.0. The van der Waals surface area contributed by atoms with Crippen LogP contribution in [0.1, 0.15) is 62.9 Å². The molecule has 11 heteroatoms. The molecule has 1 fully saturated rings. The highest BCUT2D eigenvalue weighted by Gasteiger charge is 2.34. The molecule has 46 heavy (non-hydrogen) atoms. The lowest BCUT2D eigenvalue weighted by Gasteiger charge is -2.45. The Morgan fingerprint density at radius 2 is 1.59 bits per heavy atom. The second-order valence-corrected chi connectivity index (χ2v) is 11.3. The standard InChI is InChI=1S/C35H34FN5O5/c1-22-21-41(35(46)27-9-6-16-37-19-27)23(2)20-40(22)31-15-12-26(17-30(31)39-33(44)25-7-4-3-5-8-25)34(45)38-29(18-32(42)43)24-10-13-28(36)14-11-24/h3-17,19,22-23,29H,18,20-21H2,1-2H3,(H,38,45)(H,39,44)(H,42,43). The van der Waals surface area contributed by atoms with Gasteiger partial charge in [0.2, 0.25) is 0 Å². The van der Waals surface area contributed by atoms with E-state index in [1.807, 2.05) is 13.8 Å². The average molecular weight is 624 g/mol. The number of aromatic nitrogens is 1. The number of benzene rings is 3. The van der Waals surface area contributed by atoms with Crippen LogP contribution in [0.4, 0.5) is 15.8 Å². The van der Waals surface area contributed by atoms with Gasteiger partial charge in [0.05, 0.1) is 29.4 Å². The number of piperazine rings is 1. The van der Waals surface area contributed by atoms with Crippen molar-refractivity contribution >= 4 is 35.1 Å². The van der Waals surface area contributed by atoms with Crippen LogP contribution >= 0.6 is 0 Å². The average Bonchev–Trinajstić information content (AvgIpc) is 3.06. The quantitative estimate of drug-likeness (QED) is 0.235. The zero-order valence-electron chi connectivity index (χ0n) is 25.4. The van der Waals surface area contributed by atoms with Gasteiger partial charge in [0.15, 0.2) is 0 Å². The Morgan fingerprint density at radius 1 is 0.870 bits per heavy atom. The van der Waals surface area contributed by atoms with Gasteiger partial charge in [0, 0.05) is 48.7 Å². The number of pyridine rings is 1. The number of hydrogen-bond acceptors (Lipinski definition) is 6. The van der Waals surface area contributed by atoms with Gasteiger partial charge in [-0.25, -0.2) is 4.39 Å². The number of hydrogen-bond donors (Lipinski definition) is 3. The first-order chi connectivity index (χ1) is 22.1. The minimum Gasteiger partial charge on any atom is -0.481 e. The molecule has 0 aliphatic carbocycles. The number of carbonyl (C=O) groups is 4. The van der Waals surface area contributed by atoms with Gasteiger partial charge in [-0.3, -0.25) is 24.2 Å². The Labute approximate surface area is 265 Å². The number of nitrogens with one attached hydrogen (secondary N) is 2. The van der Waals surface area contributed by atoms with E-state index in [1.165, 1.54) is 24.3 Å². The van der Waals surface area contributed by atoms with Gasteiger partial charge in [-0.05, 0) is 74.0 Å². The van der Waals surface area contributed by atoms with Gasteiger partial charge < -0.3 is 25.5 Å². The van der Waals surface area contributed by atoms with Crippen molar-refractivity contribution in [1.29, 1.82) is 0 Å². The van der Waals surface area contributed by atoms with Crippen LogP contribution in [0.5, 0.6) is 0 Å². The van der Waals surface area contributed by atoms with E-state index in [0.29, 0.717) is 41.2 Å². The summed E-state index contributed by atoms with van der Waals surface area (Å²) in [6.45, 7) is 4.81. The molecule has 3 aromatic carbocycles. The summed E-state index contributed by atoms with van der Waals surface area (Å²) in [5.74, 6) is -2.67. The molecule has 3 amide bonds. The topological polar surface area (TPSA) is 132 Å². The van der Waals surface area contributed by atoms with Gasteiger partial charge in [0.25, 0.3) is 17.7 Å². The van der Waals surface area contributed by atoms with E-state index < -0.39 is 30.2 Å². The van der Waals surface area contributed by atoms with Crippen molar-refractivity contribution in [1.82, 2.24) is 15.2 Å². The Morgan fingerprint density at radius 3 is 2.26 bits per heavy atom. The third-order valence-corrected chi connectivity index (χ3v) is 7.96. The first kappa shape index (κ1) is 31.8. The molecule has 2 heterocycles. The fourth-order valence-electron chi connectivity index (χ4n) is 5.58. The summed E-state index contributed by atoms with van der Waals surface area (Å²) in [6.07, 6.45) is 2.75. The zero-order chi connectivity index (χ0) is 32.8. The second kappa shape index (κ2) is 14.0. The first-order valence-electron chi connectivity index (χ1n) is 14.9. The summed E-state index contributed by atoms with van der Waals surface area (Å²) in [4.78, 5) is 59.6. The fraction of sp³-hybridized carbons (Fsp3) is 0.229. The van der Waals surface area contributed by atoms with Gasteiger partial charge in [0.1, 0.15) is 5.82 Å². The molecule has 4 aromatic rings. The minimum absolute atomic E-state index is 0.117. The highest BCUT2D eigenvalue weighted by Crippen LogP contribution is 2.33. The van der Waals surface area contributed by atoms with Crippen LogP contribution in [0.2, 0.25) is 0 Å². The number of rotatable bonds is 9. The molecule has 3 atom stereocenters. The lowest BCUT2D eigenvalue weighted by molar-refractivity contribution is -0.137. The van der Waals surface area contributed by atoms with Crippen LogP contribution < -0.4 is 15.5 Å². The summed E-state index contributed by atoms with van der Waals surface area (Å²) in [6, 6.07) is 21.0. The predicted molar refractivity (Wildman–Crippen MR) is 171 cm³/mol. The number of amides is 3. The van der Waals surface area contributed by atoms with E-state index in [4.69, 9.17) is 0 Å². The van der Waals surface area contributed by atoms with E-state index >= 15 is 0 Å². The molecule has 3 unspecified atom stereocenters. The van der Waals surface area contributed by atoms with Crippen LogP contribution in [-0.2, 0) is 4.79 Å². The van der Waals surface area contributed by atoms with E-state index in [9.17, 15) is 28.7 Å². The highest BCUT2D eigenvalue weighted by molar-refractivity contribution is 6.07. The Hall–Kier alpha value is -5.58. The van der Waals surface area contributed by atoms with Crippen LogP contribution in [-0.4, -0.2) is 63.9 Å². The van der Waals surface area contributed by atoms with Crippen molar-refractivity contribution < 1.29 is 28.7 Å². The molecule has 0 saturated carbocycles. The molecule has 1 aromatic heterocycles. The van der Waals surface area contributed by atoms with Crippen LogP contribution in [0.3, 0.4) is 0 Å². The number of nitrogens with zero attached hydrogens (tertiary/aromatic N) is 3. The van der Waals surface area contributed by atoms with Gasteiger partial charge >= 0.3 is 5.97 Å². The predicted octanol–water partition coefficient (Wildman–Crippen LogP) is 5.16. The van der Waals surface area contributed by atoms with Crippen molar-refractivity contribution in [3.8, 4) is 0 Å².